The van der Waals surface area contributed by atoms with Crippen molar-refractivity contribution < 1.29 is 32.2 Å². The monoisotopic (exact) mass is 333 g/mol. The summed E-state index contributed by atoms with van der Waals surface area (Å²) in [6.45, 7) is 0.0348. The van der Waals surface area contributed by atoms with E-state index in [0.717, 1.165) is 16.4 Å². The molecule has 0 bridgehead atoms. The van der Waals surface area contributed by atoms with Gasteiger partial charge in [0.25, 0.3) is 0 Å². The van der Waals surface area contributed by atoms with Crippen molar-refractivity contribution in [2.45, 2.75) is 23.8 Å². The molecule has 0 amide bonds. The zero-order valence-electron chi connectivity index (χ0n) is 12.1. The SMILES string of the molecule is COc1cc(F)c(S(=O)(=O)N2CCC[C@@H]2C(=O)O)cc1OC. The highest BCUT2D eigenvalue weighted by Crippen LogP contribution is 2.35. The van der Waals surface area contributed by atoms with E-state index < -0.39 is 32.7 Å². The third kappa shape index (κ3) is 2.73. The zero-order valence-corrected chi connectivity index (χ0v) is 12.9. The Hall–Kier alpha value is -1.87. The quantitative estimate of drug-likeness (QED) is 0.867. The highest BCUT2D eigenvalue weighted by Gasteiger charge is 2.41. The van der Waals surface area contributed by atoms with Crippen LogP contribution in [0.15, 0.2) is 17.0 Å². The van der Waals surface area contributed by atoms with Crippen LogP contribution in [0.5, 0.6) is 11.5 Å². The Balaban J connectivity index is 2.52. The van der Waals surface area contributed by atoms with Crippen molar-refractivity contribution in [3.05, 3.63) is 17.9 Å². The first kappa shape index (κ1) is 16.5. The number of ether oxygens (including phenoxy) is 2. The molecule has 122 valence electrons. The number of nitrogens with zero attached hydrogens (tertiary/aromatic N) is 1. The number of aliphatic carboxylic acids is 1. The van der Waals surface area contributed by atoms with E-state index in [1.807, 2.05) is 0 Å². The highest BCUT2D eigenvalue weighted by molar-refractivity contribution is 7.89. The average Bonchev–Trinajstić information content (AvgIpc) is 2.97. The predicted octanol–water partition coefficient (Wildman–Crippen LogP) is 1.08. The standard InChI is InChI=1S/C13H16FNO6S/c1-20-10-6-8(14)12(7-11(10)21-2)22(18,19)15-5-3-4-9(15)13(16)17/h6-7,9H,3-5H2,1-2H3,(H,16,17)/t9-/m1/s1. The van der Waals surface area contributed by atoms with Gasteiger partial charge in [0.15, 0.2) is 11.5 Å². The fourth-order valence-corrected chi connectivity index (χ4v) is 4.15. The van der Waals surface area contributed by atoms with Crippen LogP contribution < -0.4 is 9.47 Å². The Morgan fingerprint density at radius 3 is 2.45 bits per heavy atom. The van der Waals surface area contributed by atoms with Crippen LogP contribution >= 0.6 is 0 Å². The minimum absolute atomic E-state index is 0.0348. The van der Waals surface area contributed by atoms with Gasteiger partial charge >= 0.3 is 5.97 Å². The van der Waals surface area contributed by atoms with Crippen molar-refractivity contribution in [3.63, 3.8) is 0 Å². The van der Waals surface area contributed by atoms with Crippen molar-refractivity contribution in [2.75, 3.05) is 20.8 Å². The van der Waals surface area contributed by atoms with Gasteiger partial charge in [0.1, 0.15) is 16.8 Å². The lowest BCUT2D eigenvalue weighted by atomic mass is 10.2. The number of halogens is 1. The van der Waals surface area contributed by atoms with Gasteiger partial charge in [-0.2, -0.15) is 4.31 Å². The van der Waals surface area contributed by atoms with Crippen LogP contribution in [-0.4, -0.2) is 50.6 Å². The second-order valence-electron chi connectivity index (χ2n) is 4.75. The molecule has 1 aromatic carbocycles. The number of hydrogen-bond donors (Lipinski definition) is 1. The average molecular weight is 333 g/mol. The Bertz CT molecular complexity index is 690. The fourth-order valence-electron chi connectivity index (χ4n) is 2.43. The topological polar surface area (TPSA) is 93.1 Å². The van der Waals surface area contributed by atoms with Gasteiger partial charge in [-0.1, -0.05) is 0 Å². The molecule has 0 spiro atoms. The van der Waals surface area contributed by atoms with E-state index in [0.29, 0.717) is 6.42 Å². The van der Waals surface area contributed by atoms with Crippen molar-refractivity contribution in [2.24, 2.45) is 0 Å². The summed E-state index contributed by atoms with van der Waals surface area (Å²) in [5, 5.41) is 9.10. The van der Waals surface area contributed by atoms with Crippen molar-refractivity contribution >= 4 is 16.0 Å². The van der Waals surface area contributed by atoms with Crippen LogP contribution in [0.25, 0.3) is 0 Å². The lowest BCUT2D eigenvalue weighted by Crippen LogP contribution is -2.40. The van der Waals surface area contributed by atoms with Gasteiger partial charge in [0, 0.05) is 18.7 Å². The van der Waals surface area contributed by atoms with E-state index in [-0.39, 0.29) is 24.5 Å². The summed E-state index contributed by atoms with van der Waals surface area (Å²) in [6.07, 6.45) is 0.606. The first-order valence-electron chi connectivity index (χ1n) is 6.49. The molecule has 0 aromatic heterocycles. The maximum absolute atomic E-state index is 14.1. The van der Waals surface area contributed by atoms with Gasteiger partial charge < -0.3 is 14.6 Å². The molecule has 1 aliphatic heterocycles. The van der Waals surface area contributed by atoms with Crippen molar-refractivity contribution in [1.29, 1.82) is 0 Å². The molecule has 22 heavy (non-hydrogen) atoms. The molecule has 0 unspecified atom stereocenters. The van der Waals surface area contributed by atoms with E-state index in [1.54, 1.807) is 0 Å². The Morgan fingerprint density at radius 1 is 1.32 bits per heavy atom. The molecule has 1 N–H and O–H groups in total. The second kappa shape index (κ2) is 6.09. The van der Waals surface area contributed by atoms with Gasteiger partial charge in [0.05, 0.1) is 14.2 Å². The number of benzene rings is 1. The van der Waals surface area contributed by atoms with Crippen LogP contribution in [0.3, 0.4) is 0 Å². The lowest BCUT2D eigenvalue weighted by Gasteiger charge is -2.21. The predicted molar refractivity (Wildman–Crippen MR) is 74.1 cm³/mol. The molecule has 1 atom stereocenters. The molecule has 1 aromatic rings. The summed E-state index contributed by atoms with van der Waals surface area (Å²) < 4.78 is 50.0. The molecule has 1 heterocycles. The lowest BCUT2D eigenvalue weighted by molar-refractivity contribution is -0.140. The number of methoxy groups -OCH3 is 2. The van der Waals surface area contributed by atoms with Crippen molar-refractivity contribution in [3.8, 4) is 11.5 Å². The van der Waals surface area contributed by atoms with Crippen LogP contribution in [-0.2, 0) is 14.8 Å². The maximum Gasteiger partial charge on any atom is 0.322 e. The van der Waals surface area contributed by atoms with Crippen LogP contribution in [0.2, 0.25) is 0 Å². The van der Waals surface area contributed by atoms with Gasteiger partial charge in [-0.05, 0) is 12.8 Å². The summed E-state index contributed by atoms with van der Waals surface area (Å²) in [7, 11) is -1.69. The summed E-state index contributed by atoms with van der Waals surface area (Å²) in [4.78, 5) is 10.5. The Morgan fingerprint density at radius 2 is 1.91 bits per heavy atom. The minimum atomic E-state index is -4.28. The van der Waals surface area contributed by atoms with E-state index in [1.165, 1.54) is 14.2 Å². The van der Waals surface area contributed by atoms with Gasteiger partial charge in [-0.25, -0.2) is 12.8 Å². The van der Waals surface area contributed by atoms with E-state index >= 15 is 0 Å². The van der Waals surface area contributed by atoms with Gasteiger partial charge in [-0.15, -0.1) is 0 Å². The first-order valence-corrected chi connectivity index (χ1v) is 7.93. The highest BCUT2D eigenvalue weighted by atomic mass is 32.2. The smallest absolute Gasteiger partial charge is 0.322 e. The molecular weight excluding hydrogens is 317 g/mol. The third-order valence-corrected chi connectivity index (χ3v) is 5.44. The first-order chi connectivity index (χ1) is 10.3. The van der Waals surface area contributed by atoms with Crippen LogP contribution in [0.1, 0.15) is 12.8 Å². The third-order valence-electron chi connectivity index (χ3n) is 3.51. The van der Waals surface area contributed by atoms with Crippen LogP contribution in [0.4, 0.5) is 4.39 Å². The van der Waals surface area contributed by atoms with Crippen molar-refractivity contribution in [1.82, 2.24) is 4.31 Å². The molecule has 9 heteroatoms. The number of rotatable bonds is 5. The van der Waals surface area contributed by atoms with E-state index in [2.05, 4.69) is 0 Å². The summed E-state index contributed by atoms with van der Waals surface area (Å²) in [5.74, 6) is -2.17. The van der Waals surface area contributed by atoms with E-state index in [9.17, 15) is 17.6 Å². The fraction of sp³-hybridized carbons (Fsp3) is 0.462. The number of carboxylic acids is 1. The summed E-state index contributed by atoms with van der Waals surface area (Å²) >= 11 is 0. The number of carbonyl (C=O) groups is 1. The van der Waals surface area contributed by atoms with Gasteiger partial charge in [0.2, 0.25) is 10.0 Å². The number of sulfonamides is 1. The van der Waals surface area contributed by atoms with Crippen LogP contribution in [0, 0.1) is 5.82 Å². The molecule has 7 nitrogen and oxygen atoms in total. The number of carboxylic acid groups (broad SMARTS) is 1. The number of hydrogen-bond acceptors (Lipinski definition) is 5. The molecule has 2 rings (SSSR count). The molecule has 0 aliphatic carbocycles. The molecular formula is C13H16FNO6S. The molecule has 0 saturated carbocycles. The molecule has 1 aliphatic rings. The summed E-state index contributed by atoms with van der Waals surface area (Å²) in [6, 6.07) is 0.718. The normalized spacial score (nSPS) is 19.1. The summed E-state index contributed by atoms with van der Waals surface area (Å²) in [5.41, 5.74) is 0. The molecule has 1 saturated heterocycles. The largest absolute Gasteiger partial charge is 0.493 e. The second-order valence-corrected chi connectivity index (χ2v) is 6.61. The Kier molecular flexibility index (Phi) is 4.57. The van der Waals surface area contributed by atoms with E-state index in [4.69, 9.17) is 14.6 Å². The minimum Gasteiger partial charge on any atom is -0.493 e. The Labute approximate surface area is 127 Å². The molecule has 1 fully saturated rings. The maximum atomic E-state index is 14.1. The molecule has 0 radical (unpaired) electrons. The zero-order chi connectivity index (χ0) is 16.5. The van der Waals surface area contributed by atoms with Gasteiger partial charge in [-0.3, -0.25) is 4.79 Å².